The molecule has 0 saturated carbocycles. The van der Waals surface area contributed by atoms with Crippen LogP contribution in [0.4, 0.5) is 14.5 Å². The Kier molecular flexibility index (Phi) is 4.34. The van der Waals surface area contributed by atoms with Crippen LogP contribution in [0.2, 0.25) is 0 Å². The van der Waals surface area contributed by atoms with Gasteiger partial charge < -0.3 is 14.3 Å². The van der Waals surface area contributed by atoms with Gasteiger partial charge in [-0.3, -0.25) is 4.79 Å². The maximum atomic E-state index is 14.2. The van der Waals surface area contributed by atoms with Gasteiger partial charge in [-0.15, -0.1) is 10.2 Å². The van der Waals surface area contributed by atoms with Gasteiger partial charge in [-0.1, -0.05) is 18.2 Å². The first-order valence-corrected chi connectivity index (χ1v) is 7.64. The summed E-state index contributed by atoms with van der Waals surface area (Å²) in [5.74, 6) is -1.06. The predicted molar refractivity (Wildman–Crippen MR) is 84.6 cm³/mol. The van der Waals surface area contributed by atoms with Gasteiger partial charge in [-0.05, 0) is 30.0 Å². The highest BCUT2D eigenvalue weighted by atomic mass is 32.2. The Balaban J connectivity index is 1.76. The molecule has 2 aromatic heterocycles. The third-order valence-corrected chi connectivity index (χ3v) is 4.11. The van der Waals surface area contributed by atoms with E-state index in [4.69, 9.17) is 4.42 Å². The van der Waals surface area contributed by atoms with Crippen molar-refractivity contribution < 1.29 is 18.0 Å². The number of para-hydroxylation sites is 1. The molecule has 0 fully saturated rings. The molecule has 2 heterocycles. The minimum absolute atomic E-state index is 0.0313. The molecule has 124 valence electrons. The summed E-state index contributed by atoms with van der Waals surface area (Å²) in [6.07, 6.45) is 2.87. The van der Waals surface area contributed by atoms with Crippen molar-refractivity contribution in [2.45, 2.75) is 10.4 Å². The Bertz CT molecular complexity index is 835. The van der Waals surface area contributed by atoms with Gasteiger partial charge in [0, 0.05) is 12.7 Å². The fourth-order valence-corrected chi connectivity index (χ4v) is 2.61. The van der Waals surface area contributed by atoms with Crippen LogP contribution in [0.25, 0.3) is 11.4 Å². The lowest BCUT2D eigenvalue weighted by Crippen LogP contribution is -2.31. The lowest BCUT2D eigenvalue weighted by Gasteiger charge is -2.14. The number of carbonyl (C=O) groups is 1. The van der Waals surface area contributed by atoms with Gasteiger partial charge in [0.15, 0.2) is 11.0 Å². The lowest BCUT2D eigenvalue weighted by atomic mass is 10.3. The van der Waals surface area contributed by atoms with E-state index < -0.39 is 11.2 Å². The van der Waals surface area contributed by atoms with Crippen molar-refractivity contribution in [2.75, 3.05) is 5.32 Å². The Morgan fingerprint density at radius 1 is 1.25 bits per heavy atom. The normalized spacial score (nSPS) is 11.5. The summed E-state index contributed by atoms with van der Waals surface area (Å²) in [5.41, 5.74) is 0.897. The quantitative estimate of drug-likeness (QED) is 0.714. The molecule has 0 aliphatic rings. The number of hydrogen-bond donors (Lipinski definition) is 1. The van der Waals surface area contributed by atoms with Gasteiger partial charge in [0.25, 0.3) is 0 Å². The molecule has 3 aromatic rings. The van der Waals surface area contributed by atoms with E-state index in [1.54, 1.807) is 24.3 Å². The largest absolute Gasteiger partial charge is 0.472 e. The molecule has 0 saturated heterocycles. The molecular formula is C15H12F2N4O2S. The summed E-state index contributed by atoms with van der Waals surface area (Å²) in [6, 6.07) is 9.69. The monoisotopic (exact) mass is 350 g/mol. The van der Waals surface area contributed by atoms with Gasteiger partial charge in [-0.25, -0.2) is 0 Å². The number of carbonyl (C=O) groups excluding carboxylic acids is 1. The van der Waals surface area contributed by atoms with Crippen molar-refractivity contribution in [1.29, 1.82) is 0 Å². The van der Waals surface area contributed by atoms with Crippen LogP contribution >= 0.6 is 11.8 Å². The summed E-state index contributed by atoms with van der Waals surface area (Å²) < 4.78 is 34.7. The lowest BCUT2D eigenvalue weighted by molar-refractivity contribution is -0.129. The van der Waals surface area contributed by atoms with E-state index in [1.165, 1.54) is 36.3 Å². The molecule has 0 unspecified atom stereocenters. The number of nitrogens with zero attached hydrogens (tertiary/aromatic N) is 3. The van der Waals surface area contributed by atoms with Crippen LogP contribution in [0, 0.1) is 0 Å². The number of hydrogen-bond acceptors (Lipinski definition) is 5. The molecule has 3 rings (SSSR count). The molecule has 1 aromatic carbocycles. The van der Waals surface area contributed by atoms with Crippen molar-refractivity contribution in [3.8, 4) is 11.4 Å². The number of amides is 1. The van der Waals surface area contributed by atoms with Gasteiger partial charge in [-0.2, -0.15) is 8.78 Å². The first kappa shape index (κ1) is 16.2. The van der Waals surface area contributed by atoms with E-state index in [9.17, 15) is 13.6 Å². The number of furan rings is 1. The van der Waals surface area contributed by atoms with Crippen LogP contribution in [-0.2, 0) is 11.8 Å². The van der Waals surface area contributed by atoms with E-state index in [0.29, 0.717) is 17.1 Å². The maximum Gasteiger partial charge on any atom is 0.378 e. The fraction of sp³-hybridized carbons (Fsp3) is 0.133. The van der Waals surface area contributed by atoms with Gasteiger partial charge in [0.2, 0.25) is 0 Å². The number of nitrogens with one attached hydrogen (secondary N) is 1. The van der Waals surface area contributed by atoms with Crippen molar-refractivity contribution in [3.63, 3.8) is 0 Å². The molecule has 0 bridgehead atoms. The zero-order chi connectivity index (χ0) is 17.2. The van der Waals surface area contributed by atoms with Crippen LogP contribution in [0.5, 0.6) is 0 Å². The highest BCUT2D eigenvalue weighted by Gasteiger charge is 2.42. The van der Waals surface area contributed by atoms with Crippen molar-refractivity contribution in [1.82, 2.24) is 14.8 Å². The number of anilines is 1. The van der Waals surface area contributed by atoms with E-state index in [1.807, 2.05) is 0 Å². The second-order valence-corrected chi connectivity index (χ2v) is 5.90. The van der Waals surface area contributed by atoms with Crippen LogP contribution in [0.15, 0.2) is 58.5 Å². The van der Waals surface area contributed by atoms with Gasteiger partial charge in [0.1, 0.15) is 6.26 Å². The molecule has 6 nitrogen and oxygen atoms in total. The Hall–Kier alpha value is -2.68. The van der Waals surface area contributed by atoms with Crippen LogP contribution in [0.1, 0.15) is 0 Å². The summed E-state index contributed by atoms with van der Waals surface area (Å²) in [7, 11) is 1.54. The van der Waals surface area contributed by atoms with E-state index >= 15 is 0 Å². The molecule has 0 aliphatic carbocycles. The topological polar surface area (TPSA) is 73.0 Å². The Morgan fingerprint density at radius 3 is 2.67 bits per heavy atom. The molecule has 0 radical (unpaired) electrons. The highest BCUT2D eigenvalue weighted by molar-refractivity contribution is 8.00. The number of alkyl halides is 2. The average molecular weight is 350 g/mol. The molecule has 0 aliphatic heterocycles. The average Bonchev–Trinajstić information content (AvgIpc) is 3.19. The number of rotatable bonds is 5. The first-order chi connectivity index (χ1) is 11.5. The third-order valence-electron chi connectivity index (χ3n) is 3.13. The SMILES string of the molecule is Cn1c(SC(F)(F)C(=O)Nc2ccccc2)nnc1-c1ccoc1. The molecule has 1 amide bonds. The Morgan fingerprint density at radius 2 is 2.00 bits per heavy atom. The van der Waals surface area contributed by atoms with Crippen LogP contribution < -0.4 is 5.32 Å². The number of halogens is 2. The van der Waals surface area contributed by atoms with Crippen LogP contribution in [0.3, 0.4) is 0 Å². The summed E-state index contributed by atoms with van der Waals surface area (Å²) in [4.78, 5) is 11.8. The summed E-state index contributed by atoms with van der Waals surface area (Å²) in [6.45, 7) is 0. The highest BCUT2D eigenvalue weighted by Crippen LogP contribution is 2.36. The summed E-state index contributed by atoms with van der Waals surface area (Å²) in [5, 5.41) is 5.96. The van der Waals surface area contributed by atoms with E-state index in [-0.39, 0.29) is 16.9 Å². The molecular weight excluding hydrogens is 338 g/mol. The minimum atomic E-state index is -3.70. The molecule has 0 spiro atoms. The number of benzene rings is 1. The van der Waals surface area contributed by atoms with Crippen molar-refractivity contribution in [2.24, 2.45) is 7.05 Å². The van der Waals surface area contributed by atoms with Gasteiger partial charge in [0.05, 0.1) is 11.8 Å². The maximum absolute atomic E-state index is 14.2. The molecule has 9 heteroatoms. The zero-order valence-corrected chi connectivity index (χ0v) is 13.3. The minimum Gasteiger partial charge on any atom is -0.472 e. The van der Waals surface area contributed by atoms with Gasteiger partial charge >= 0.3 is 11.2 Å². The van der Waals surface area contributed by atoms with Crippen molar-refractivity contribution >= 4 is 23.4 Å². The van der Waals surface area contributed by atoms with Crippen molar-refractivity contribution in [3.05, 3.63) is 48.9 Å². The number of aromatic nitrogens is 3. The zero-order valence-electron chi connectivity index (χ0n) is 12.4. The number of thioether (sulfide) groups is 1. The van der Waals surface area contributed by atoms with Crippen LogP contribution in [-0.4, -0.2) is 25.9 Å². The predicted octanol–water partition coefficient (Wildman–Crippen LogP) is 3.40. The second-order valence-electron chi connectivity index (χ2n) is 4.82. The second kappa shape index (κ2) is 6.44. The Labute approximate surface area is 139 Å². The standard InChI is InChI=1S/C15H12F2N4O2S/c1-21-12(10-7-8-23-9-10)19-20-14(21)24-15(16,17)13(22)18-11-5-3-2-4-6-11/h2-9H,1H3,(H,18,22). The molecule has 0 atom stereocenters. The third kappa shape index (κ3) is 3.30. The van der Waals surface area contributed by atoms with E-state index in [2.05, 4.69) is 15.5 Å². The smallest absolute Gasteiger partial charge is 0.378 e. The fourth-order valence-electron chi connectivity index (χ4n) is 1.93. The summed E-state index contributed by atoms with van der Waals surface area (Å²) >= 11 is 0.0313. The van der Waals surface area contributed by atoms with E-state index in [0.717, 1.165) is 0 Å². The molecule has 24 heavy (non-hydrogen) atoms. The molecule has 1 N–H and O–H groups in total. The first-order valence-electron chi connectivity index (χ1n) is 6.82.